The van der Waals surface area contributed by atoms with E-state index < -0.39 is 22.0 Å². The van der Waals surface area contributed by atoms with Gasteiger partial charge in [-0.15, -0.1) is 0 Å². The Morgan fingerprint density at radius 1 is 0.780 bits per heavy atom. The SMILES string of the molecule is COc1cc(Cc2cc(Oc3ccc(NC(=O)Nc4cc(C(C)(C)C)cc(NS(C)(=O)=O)c4OC)c4ccccc34)ccn2)ccc1C(=O)CCCNCCCC(=O)O. The van der Waals surface area contributed by atoms with Crippen LogP contribution in [0.25, 0.3) is 10.8 Å². The summed E-state index contributed by atoms with van der Waals surface area (Å²) in [5.41, 5.74) is 3.55. The highest BCUT2D eigenvalue weighted by Gasteiger charge is 2.23. The second-order valence-electron chi connectivity index (χ2n) is 15.0. The lowest BCUT2D eigenvalue weighted by Crippen LogP contribution is -2.22. The Morgan fingerprint density at radius 3 is 2.15 bits per heavy atom. The number of urea groups is 1. The van der Waals surface area contributed by atoms with Crippen molar-refractivity contribution < 1.29 is 42.1 Å². The molecule has 0 saturated heterocycles. The molecule has 5 rings (SSSR count). The van der Waals surface area contributed by atoms with E-state index in [1.165, 1.54) is 14.2 Å². The van der Waals surface area contributed by atoms with Crippen molar-refractivity contribution in [3.63, 3.8) is 0 Å². The predicted octanol–water partition coefficient (Wildman–Crippen LogP) is 8.37. The van der Waals surface area contributed by atoms with Crippen LogP contribution >= 0.6 is 0 Å². The second-order valence-corrected chi connectivity index (χ2v) is 16.8. The second kappa shape index (κ2) is 19.5. The number of ketones is 1. The van der Waals surface area contributed by atoms with Crippen LogP contribution in [0.5, 0.6) is 23.0 Å². The molecule has 0 saturated carbocycles. The third-order valence-corrected chi connectivity index (χ3v) is 9.89. The molecule has 0 spiro atoms. The molecule has 14 nitrogen and oxygen atoms in total. The fourth-order valence-electron chi connectivity index (χ4n) is 6.42. The summed E-state index contributed by atoms with van der Waals surface area (Å²) in [5.74, 6) is 0.899. The average Bonchev–Trinajstić information content (AvgIpc) is 3.17. The first kappa shape index (κ1) is 43.9. The van der Waals surface area contributed by atoms with Crippen molar-refractivity contribution in [2.45, 2.75) is 58.3 Å². The molecule has 0 bridgehead atoms. The maximum Gasteiger partial charge on any atom is 0.323 e. The summed E-state index contributed by atoms with van der Waals surface area (Å²) in [6.07, 6.45) is 4.77. The van der Waals surface area contributed by atoms with Crippen LogP contribution in [0.15, 0.2) is 85.1 Å². The van der Waals surface area contributed by atoms with Crippen LogP contribution in [0.2, 0.25) is 0 Å². The number of benzene rings is 4. The molecular formula is C44H51N5O9S. The first-order chi connectivity index (χ1) is 28.0. The minimum absolute atomic E-state index is 0.0347. The van der Waals surface area contributed by atoms with Gasteiger partial charge >= 0.3 is 12.0 Å². The zero-order valence-corrected chi connectivity index (χ0v) is 34.9. The number of ether oxygens (including phenoxy) is 3. The number of pyridine rings is 1. The number of fused-ring (bicyclic) bond motifs is 1. The van der Waals surface area contributed by atoms with E-state index in [9.17, 15) is 22.8 Å². The maximum atomic E-state index is 13.5. The Hall–Kier alpha value is -6.19. The molecule has 15 heteroatoms. The summed E-state index contributed by atoms with van der Waals surface area (Å²) >= 11 is 0. The Balaban J connectivity index is 1.28. The van der Waals surface area contributed by atoms with Gasteiger partial charge in [0.05, 0.1) is 43.1 Å². The highest BCUT2D eigenvalue weighted by atomic mass is 32.2. The van der Waals surface area contributed by atoms with Crippen LogP contribution in [-0.2, 0) is 26.7 Å². The van der Waals surface area contributed by atoms with Crippen LogP contribution in [0, 0.1) is 0 Å². The van der Waals surface area contributed by atoms with Gasteiger partial charge in [-0.05, 0) is 84.9 Å². The molecule has 0 aliphatic carbocycles. The van der Waals surface area contributed by atoms with Crippen molar-refractivity contribution >= 4 is 55.6 Å². The molecule has 312 valence electrons. The molecular weight excluding hydrogens is 775 g/mol. The Bertz CT molecular complexity index is 2430. The van der Waals surface area contributed by atoms with Crippen molar-refractivity contribution in [1.29, 1.82) is 0 Å². The first-order valence-corrected chi connectivity index (χ1v) is 21.0. The Kier molecular flexibility index (Phi) is 14.5. The number of carboxylic acids is 1. The Morgan fingerprint density at radius 2 is 1.47 bits per heavy atom. The van der Waals surface area contributed by atoms with Gasteiger partial charge in [0.15, 0.2) is 11.5 Å². The zero-order valence-electron chi connectivity index (χ0n) is 34.1. The smallest absolute Gasteiger partial charge is 0.323 e. The van der Waals surface area contributed by atoms with Gasteiger partial charge in [-0.3, -0.25) is 19.3 Å². The number of amides is 2. The third kappa shape index (κ3) is 12.4. The quantitative estimate of drug-likeness (QED) is 0.0397. The van der Waals surface area contributed by atoms with Crippen molar-refractivity contribution in [2.75, 3.05) is 48.9 Å². The maximum absolute atomic E-state index is 13.5. The number of carbonyl (C=O) groups excluding carboxylic acids is 2. The molecule has 0 atom stereocenters. The summed E-state index contributed by atoms with van der Waals surface area (Å²) in [6.45, 7) is 7.14. The van der Waals surface area contributed by atoms with Crippen molar-refractivity contribution in [1.82, 2.24) is 10.3 Å². The highest BCUT2D eigenvalue weighted by molar-refractivity contribution is 7.92. The lowest BCUT2D eigenvalue weighted by Gasteiger charge is -2.24. The predicted molar refractivity (Wildman–Crippen MR) is 230 cm³/mol. The number of nitrogens with one attached hydrogen (secondary N) is 4. The molecule has 2 amide bonds. The molecule has 4 aromatic carbocycles. The number of methoxy groups -OCH3 is 2. The average molecular weight is 826 g/mol. The fourth-order valence-corrected chi connectivity index (χ4v) is 6.97. The monoisotopic (exact) mass is 825 g/mol. The number of aliphatic carboxylic acids is 1. The molecule has 5 N–H and O–H groups in total. The number of rotatable bonds is 19. The number of carbonyl (C=O) groups is 3. The minimum Gasteiger partial charge on any atom is -0.496 e. The number of hydrogen-bond acceptors (Lipinski definition) is 10. The number of nitrogens with zero attached hydrogens (tertiary/aromatic N) is 1. The van der Waals surface area contributed by atoms with Crippen molar-refractivity contribution in [3.05, 3.63) is 107 Å². The third-order valence-electron chi connectivity index (χ3n) is 9.30. The molecule has 0 unspecified atom stereocenters. The highest BCUT2D eigenvalue weighted by Crippen LogP contribution is 2.40. The summed E-state index contributed by atoms with van der Waals surface area (Å²) in [4.78, 5) is 41.7. The van der Waals surface area contributed by atoms with Gasteiger partial charge in [-0.25, -0.2) is 13.2 Å². The van der Waals surface area contributed by atoms with Gasteiger partial charge in [-0.1, -0.05) is 51.1 Å². The summed E-state index contributed by atoms with van der Waals surface area (Å²) in [5, 5.41) is 19.2. The number of sulfonamides is 1. The van der Waals surface area contributed by atoms with Gasteiger partial charge < -0.3 is 35.3 Å². The molecule has 59 heavy (non-hydrogen) atoms. The molecule has 0 aliphatic rings. The standard InChI is InChI=1S/C44H51N5O9S/c1-44(2,3)29-25-36(42(57-5)37(26-29)49-59(6,54)55)48-43(53)47-35-17-18-39(33-12-8-7-11-32(33)35)58-31-19-22-46-30(27-31)23-28-15-16-34(40(24-28)56-4)38(50)13-9-20-45-21-10-14-41(51)52/h7-8,11-12,15-19,22,24-27,45,49H,9-10,13-14,20-21,23H2,1-6H3,(H,51,52)(H2,47,48,53). The molecule has 0 fully saturated rings. The molecule has 1 aromatic heterocycles. The number of anilines is 3. The minimum atomic E-state index is -3.65. The normalized spacial score (nSPS) is 11.5. The van der Waals surface area contributed by atoms with E-state index in [4.69, 9.17) is 19.3 Å². The Labute approximate surface area is 344 Å². The molecule has 0 aliphatic heterocycles. The zero-order chi connectivity index (χ0) is 42.7. The number of Topliss-reactive ketones (excluding diaryl/α,β-unsaturated/α-hetero) is 1. The van der Waals surface area contributed by atoms with E-state index in [1.807, 2.05) is 63.2 Å². The van der Waals surface area contributed by atoms with E-state index in [0.717, 1.165) is 33.8 Å². The first-order valence-electron chi connectivity index (χ1n) is 19.1. The van der Waals surface area contributed by atoms with Crippen LogP contribution in [-0.4, -0.2) is 69.9 Å². The van der Waals surface area contributed by atoms with Crippen LogP contribution in [0.3, 0.4) is 0 Å². The van der Waals surface area contributed by atoms with Crippen molar-refractivity contribution in [2.24, 2.45) is 0 Å². The van der Waals surface area contributed by atoms with Gasteiger partial charge in [0.25, 0.3) is 0 Å². The number of carboxylic acid groups (broad SMARTS) is 1. The lowest BCUT2D eigenvalue weighted by molar-refractivity contribution is -0.137. The molecule has 1 heterocycles. The van der Waals surface area contributed by atoms with Gasteiger partial charge in [0.1, 0.15) is 17.2 Å². The molecule has 5 aromatic rings. The van der Waals surface area contributed by atoms with Crippen molar-refractivity contribution in [3.8, 4) is 23.0 Å². The summed E-state index contributed by atoms with van der Waals surface area (Å²) in [6, 6.07) is 23.0. The van der Waals surface area contributed by atoms with E-state index in [0.29, 0.717) is 67.3 Å². The van der Waals surface area contributed by atoms with E-state index in [2.05, 4.69) is 25.7 Å². The van der Waals surface area contributed by atoms with Gasteiger partial charge in [0.2, 0.25) is 10.0 Å². The number of hydrogen-bond donors (Lipinski definition) is 5. The number of aromatic nitrogens is 1. The van der Waals surface area contributed by atoms with E-state index in [1.54, 1.807) is 42.6 Å². The fraction of sp³-hybridized carbons (Fsp3) is 0.318. The largest absolute Gasteiger partial charge is 0.496 e. The summed E-state index contributed by atoms with van der Waals surface area (Å²) in [7, 11) is -0.713. The van der Waals surface area contributed by atoms with Gasteiger partial charge in [0, 0.05) is 48.0 Å². The van der Waals surface area contributed by atoms with Crippen LogP contribution in [0.4, 0.5) is 21.9 Å². The van der Waals surface area contributed by atoms with Crippen LogP contribution < -0.4 is 34.9 Å². The lowest BCUT2D eigenvalue weighted by atomic mass is 9.86. The van der Waals surface area contributed by atoms with E-state index in [-0.39, 0.29) is 34.7 Å². The topological polar surface area (TPSA) is 194 Å². The van der Waals surface area contributed by atoms with Gasteiger partial charge in [-0.2, -0.15) is 0 Å². The van der Waals surface area contributed by atoms with Crippen LogP contribution in [0.1, 0.15) is 73.6 Å². The van der Waals surface area contributed by atoms with E-state index >= 15 is 0 Å². The summed E-state index contributed by atoms with van der Waals surface area (Å²) < 4.78 is 44.4. The molecule has 0 radical (unpaired) electrons.